The fourth-order valence-corrected chi connectivity index (χ4v) is 4.98. The lowest BCUT2D eigenvalue weighted by atomic mass is 9.90. The van der Waals surface area contributed by atoms with Gasteiger partial charge in [-0.05, 0) is 75.3 Å². The minimum atomic E-state index is -4.56. The molecular weight excluding hydrogens is 467 g/mol. The summed E-state index contributed by atoms with van der Waals surface area (Å²) in [5.41, 5.74) is 0.186. The van der Waals surface area contributed by atoms with Crippen LogP contribution in [0.5, 0.6) is 0 Å². The summed E-state index contributed by atoms with van der Waals surface area (Å²) in [5.74, 6) is -0.157. The number of hydrogen-bond acceptors (Lipinski definition) is 4. The first kappa shape index (κ1) is 23.0. The first-order valence-corrected chi connectivity index (χ1v) is 11.9. The van der Waals surface area contributed by atoms with E-state index in [1.165, 1.54) is 12.1 Å². The molecule has 2 heterocycles. The minimum Gasteiger partial charge on any atom is -0.382 e. The first-order valence-electron chi connectivity index (χ1n) is 11.6. The Morgan fingerprint density at radius 1 is 1.06 bits per heavy atom. The molecule has 2 fully saturated rings. The molecule has 2 aromatic heterocycles. The molecule has 2 aliphatic carbocycles. The van der Waals surface area contributed by atoms with Gasteiger partial charge in [-0.1, -0.05) is 11.6 Å². The summed E-state index contributed by atoms with van der Waals surface area (Å²) in [4.78, 5) is 16.7. The highest BCUT2D eigenvalue weighted by Crippen LogP contribution is 2.35. The first-order chi connectivity index (χ1) is 16.3. The number of anilines is 1. The van der Waals surface area contributed by atoms with E-state index in [0.29, 0.717) is 28.2 Å². The number of hydrogen-bond donors (Lipinski definition) is 2. The second-order valence-corrected chi connectivity index (χ2v) is 9.57. The minimum absolute atomic E-state index is 0.0812. The molecular formula is C24H25ClF3N5O. The summed E-state index contributed by atoms with van der Waals surface area (Å²) in [5, 5.41) is 11.7. The average molecular weight is 492 g/mol. The maximum atomic E-state index is 13.4. The standard InChI is InChI=1S/C24H25ClF3N5O/c25-14-7-8-19-18(11-14)20(13-22(32-19)24(26,27)28)30-15-3-1-4-16(12-15)31-23(34)21-9-10-29-33(21)17-5-2-6-17/h7-11,13,15-17H,1-6,12H2,(H,30,32)(H,31,34)/t15-,16+/m0/s1. The molecule has 0 aliphatic heterocycles. The largest absolute Gasteiger partial charge is 0.433 e. The van der Waals surface area contributed by atoms with E-state index in [9.17, 15) is 18.0 Å². The van der Waals surface area contributed by atoms with Gasteiger partial charge in [0.05, 0.1) is 11.6 Å². The highest BCUT2D eigenvalue weighted by molar-refractivity contribution is 6.31. The van der Waals surface area contributed by atoms with Crippen molar-refractivity contribution in [2.75, 3.05) is 5.32 Å². The van der Waals surface area contributed by atoms with Gasteiger partial charge >= 0.3 is 6.18 Å². The number of nitrogens with zero attached hydrogens (tertiary/aromatic N) is 3. The Morgan fingerprint density at radius 2 is 1.82 bits per heavy atom. The van der Waals surface area contributed by atoms with Crippen molar-refractivity contribution < 1.29 is 18.0 Å². The lowest BCUT2D eigenvalue weighted by Crippen LogP contribution is -2.42. The number of aromatic nitrogens is 3. The molecule has 10 heteroatoms. The number of alkyl halides is 3. The lowest BCUT2D eigenvalue weighted by molar-refractivity contribution is -0.140. The second-order valence-electron chi connectivity index (χ2n) is 9.14. The van der Waals surface area contributed by atoms with Crippen LogP contribution in [0.3, 0.4) is 0 Å². The SMILES string of the molecule is O=C(N[C@@H]1CCC[C@H](Nc2cc(C(F)(F)F)nc3ccc(Cl)cc23)C1)c1ccnn1C1CCC1. The van der Waals surface area contributed by atoms with Gasteiger partial charge in [-0.25, -0.2) is 4.98 Å². The zero-order chi connectivity index (χ0) is 23.9. The van der Waals surface area contributed by atoms with Crippen LogP contribution in [0.15, 0.2) is 36.5 Å². The van der Waals surface area contributed by atoms with Crippen molar-refractivity contribution in [2.24, 2.45) is 0 Å². The van der Waals surface area contributed by atoms with Gasteiger partial charge in [-0.3, -0.25) is 9.48 Å². The third-order valence-corrected chi connectivity index (χ3v) is 6.99. The molecule has 1 amide bonds. The number of pyridine rings is 1. The molecule has 3 aromatic rings. The monoisotopic (exact) mass is 491 g/mol. The van der Waals surface area contributed by atoms with Crippen molar-refractivity contribution in [3.8, 4) is 0 Å². The van der Waals surface area contributed by atoms with Gasteiger partial charge in [0.1, 0.15) is 11.4 Å². The van der Waals surface area contributed by atoms with Crippen LogP contribution >= 0.6 is 11.6 Å². The average Bonchev–Trinajstić information content (AvgIpc) is 3.21. The third kappa shape index (κ3) is 4.71. The smallest absolute Gasteiger partial charge is 0.382 e. The Labute approximate surface area is 199 Å². The molecule has 2 atom stereocenters. The third-order valence-electron chi connectivity index (χ3n) is 6.75. The predicted molar refractivity (Wildman–Crippen MR) is 124 cm³/mol. The number of benzene rings is 1. The maximum Gasteiger partial charge on any atom is 0.433 e. The van der Waals surface area contributed by atoms with Crippen LogP contribution in [0.2, 0.25) is 5.02 Å². The summed E-state index contributed by atoms with van der Waals surface area (Å²) in [7, 11) is 0. The molecule has 2 N–H and O–H groups in total. The summed E-state index contributed by atoms with van der Waals surface area (Å²) in [6.45, 7) is 0. The maximum absolute atomic E-state index is 13.4. The number of fused-ring (bicyclic) bond motifs is 1. The second kappa shape index (κ2) is 9.09. The quantitative estimate of drug-likeness (QED) is 0.460. The molecule has 0 bridgehead atoms. The zero-order valence-corrected chi connectivity index (χ0v) is 19.2. The van der Waals surface area contributed by atoms with E-state index < -0.39 is 11.9 Å². The summed E-state index contributed by atoms with van der Waals surface area (Å²) in [6, 6.07) is 7.52. The van der Waals surface area contributed by atoms with Gasteiger partial charge in [-0.15, -0.1) is 0 Å². The molecule has 1 aromatic carbocycles. The van der Waals surface area contributed by atoms with Crippen molar-refractivity contribution in [2.45, 2.75) is 69.2 Å². The molecule has 2 aliphatic rings. The van der Waals surface area contributed by atoms with E-state index in [2.05, 4.69) is 20.7 Å². The molecule has 0 unspecified atom stereocenters. The van der Waals surface area contributed by atoms with E-state index in [4.69, 9.17) is 11.6 Å². The lowest BCUT2D eigenvalue weighted by Gasteiger charge is -2.32. The van der Waals surface area contributed by atoms with Crippen LogP contribution in [0, 0.1) is 0 Å². The Balaban J connectivity index is 1.32. The number of carbonyl (C=O) groups excluding carboxylic acids is 1. The molecule has 2 saturated carbocycles. The van der Waals surface area contributed by atoms with Gasteiger partial charge < -0.3 is 10.6 Å². The van der Waals surface area contributed by atoms with Crippen molar-refractivity contribution in [3.63, 3.8) is 0 Å². The van der Waals surface area contributed by atoms with Crippen LogP contribution in [-0.4, -0.2) is 32.8 Å². The zero-order valence-electron chi connectivity index (χ0n) is 18.4. The number of halogens is 4. The molecule has 34 heavy (non-hydrogen) atoms. The van der Waals surface area contributed by atoms with E-state index >= 15 is 0 Å². The van der Waals surface area contributed by atoms with Crippen molar-refractivity contribution >= 4 is 34.1 Å². The van der Waals surface area contributed by atoms with E-state index in [1.807, 2.05) is 4.68 Å². The predicted octanol–water partition coefficient (Wildman–Crippen LogP) is 5.98. The van der Waals surface area contributed by atoms with E-state index in [0.717, 1.165) is 44.6 Å². The molecule has 0 radical (unpaired) electrons. The molecule has 180 valence electrons. The van der Waals surface area contributed by atoms with Crippen molar-refractivity contribution in [3.05, 3.63) is 52.9 Å². The number of amides is 1. The summed E-state index contributed by atoms with van der Waals surface area (Å²) in [6.07, 6.45) is 3.35. The van der Waals surface area contributed by atoms with Crippen molar-refractivity contribution in [1.82, 2.24) is 20.1 Å². The summed E-state index contributed by atoms with van der Waals surface area (Å²) < 4.78 is 42.1. The summed E-state index contributed by atoms with van der Waals surface area (Å²) >= 11 is 6.11. The Hall–Kier alpha value is -2.81. The number of carbonyl (C=O) groups is 1. The van der Waals surface area contributed by atoms with Gasteiger partial charge in [0.2, 0.25) is 0 Å². The number of rotatable bonds is 5. The van der Waals surface area contributed by atoms with Gasteiger partial charge in [0, 0.05) is 34.4 Å². The molecule has 0 saturated heterocycles. The fourth-order valence-electron chi connectivity index (χ4n) is 4.81. The van der Waals surface area contributed by atoms with Crippen LogP contribution in [-0.2, 0) is 6.18 Å². The normalized spacial score (nSPS) is 21.3. The number of nitrogens with one attached hydrogen (secondary N) is 2. The van der Waals surface area contributed by atoms with Crippen molar-refractivity contribution in [1.29, 1.82) is 0 Å². The van der Waals surface area contributed by atoms with Crippen LogP contribution in [0.25, 0.3) is 10.9 Å². The fraction of sp³-hybridized carbons (Fsp3) is 0.458. The Morgan fingerprint density at radius 3 is 2.56 bits per heavy atom. The van der Waals surface area contributed by atoms with Gasteiger partial charge in [-0.2, -0.15) is 18.3 Å². The van der Waals surface area contributed by atoms with Gasteiger partial charge in [0.15, 0.2) is 0 Å². The van der Waals surface area contributed by atoms with Crippen LogP contribution in [0.1, 0.15) is 67.2 Å². The van der Waals surface area contributed by atoms with E-state index in [1.54, 1.807) is 18.3 Å². The Kier molecular flexibility index (Phi) is 6.14. The van der Waals surface area contributed by atoms with Gasteiger partial charge in [0.25, 0.3) is 5.91 Å². The highest BCUT2D eigenvalue weighted by atomic mass is 35.5. The molecule has 0 spiro atoms. The molecule has 5 rings (SSSR count). The highest BCUT2D eigenvalue weighted by Gasteiger charge is 2.34. The van der Waals surface area contributed by atoms with Crippen LogP contribution in [0.4, 0.5) is 18.9 Å². The van der Waals surface area contributed by atoms with Crippen LogP contribution < -0.4 is 10.6 Å². The van der Waals surface area contributed by atoms with E-state index in [-0.39, 0.29) is 29.5 Å². The Bertz CT molecular complexity index is 1210. The topological polar surface area (TPSA) is 71.8 Å². The molecule has 6 nitrogen and oxygen atoms in total.